The summed E-state index contributed by atoms with van der Waals surface area (Å²) in [7, 11) is 0. The molecule has 3 rings (SSSR count). The molecular formula is C15H12BrN3O. The third kappa shape index (κ3) is 2.10. The minimum atomic E-state index is 0.298. The molecule has 20 heavy (non-hydrogen) atoms. The molecule has 0 spiro atoms. The summed E-state index contributed by atoms with van der Waals surface area (Å²) in [5.74, 6) is 0.298. The molecule has 0 atom stereocenters. The number of halogens is 1. The lowest BCUT2D eigenvalue weighted by atomic mass is 9.99. The molecule has 2 heterocycles. The Hall–Kier alpha value is -2.14. The molecule has 100 valence electrons. The Balaban J connectivity index is 2.24. The first-order chi connectivity index (χ1) is 9.68. The summed E-state index contributed by atoms with van der Waals surface area (Å²) in [5.41, 5.74) is 10.4. The van der Waals surface area contributed by atoms with Crippen molar-refractivity contribution in [2.75, 3.05) is 5.73 Å². The number of aromatic nitrogens is 2. The number of benzene rings is 1. The van der Waals surface area contributed by atoms with E-state index in [0.717, 1.165) is 32.4 Å². The third-order valence-electron chi connectivity index (χ3n) is 3.19. The zero-order chi connectivity index (χ0) is 14.1. The molecule has 5 heteroatoms. The molecular weight excluding hydrogens is 318 g/mol. The highest BCUT2D eigenvalue weighted by molar-refractivity contribution is 9.10. The Morgan fingerprint density at radius 2 is 2.05 bits per heavy atom. The summed E-state index contributed by atoms with van der Waals surface area (Å²) in [5, 5.41) is 4.12. The number of nitrogen functional groups attached to an aromatic ring is 1. The van der Waals surface area contributed by atoms with E-state index >= 15 is 0 Å². The average Bonchev–Trinajstić information content (AvgIpc) is 2.84. The van der Waals surface area contributed by atoms with Gasteiger partial charge in [0.05, 0.1) is 5.56 Å². The van der Waals surface area contributed by atoms with Crippen LogP contribution in [0.25, 0.3) is 22.4 Å². The number of rotatable bonds is 2. The minimum absolute atomic E-state index is 0.298. The topological polar surface area (TPSA) is 64.9 Å². The highest BCUT2D eigenvalue weighted by Crippen LogP contribution is 2.38. The van der Waals surface area contributed by atoms with Crippen molar-refractivity contribution in [3.63, 3.8) is 0 Å². The maximum absolute atomic E-state index is 5.93. The van der Waals surface area contributed by atoms with Crippen molar-refractivity contribution in [2.45, 2.75) is 6.92 Å². The standard InChI is InChI=1S/C15H12BrN3O/c1-9-11(5-2-6-12(9)16)14-13(15(17)20-19-14)10-4-3-7-18-8-10/h2-8H,17H2,1H3. The molecule has 0 fully saturated rings. The fourth-order valence-corrected chi connectivity index (χ4v) is 2.51. The van der Waals surface area contributed by atoms with Gasteiger partial charge in [0.1, 0.15) is 5.69 Å². The van der Waals surface area contributed by atoms with E-state index in [2.05, 4.69) is 26.1 Å². The fraction of sp³-hybridized carbons (Fsp3) is 0.0667. The first kappa shape index (κ1) is 12.9. The van der Waals surface area contributed by atoms with Crippen LogP contribution in [0.4, 0.5) is 5.88 Å². The summed E-state index contributed by atoms with van der Waals surface area (Å²) >= 11 is 3.53. The normalized spacial score (nSPS) is 10.7. The molecule has 0 aliphatic carbocycles. The van der Waals surface area contributed by atoms with E-state index < -0.39 is 0 Å². The molecule has 0 radical (unpaired) electrons. The Morgan fingerprint density at radius 3 is 2.80 bits per heavy atom. The zero-order valence-electron chi connectivity index (χ0n) is 10.8. The lowest BCUT2D eigenvalue weighted by Crippen LogP contribution is -1.90. The lowest BCUT2D eigenvalue weighted by Gasteiger charge is -2.07. The molecule has 0 saturated carbocycles. The van der Waals surface area contributed by atoms with Crippen LogP contribution in [-0.4, -0.2) is 10.1 Å². The Morgan fingerprint density at radius 1 is 1.20 bits per heavy atom. The van der Waals surface area contributed by atoms with Crippen LogP contribution < -0.4 is 5.73 Å². The van der Waals surface area contributed by atoms with E-state index in [4.69, 9.17) is 10.3 Å². The molecule has 0 aliphatic rings. The molecule has 1 aromatic carbocycles. The van der Waals surface area contributed by atoms with Crippen molar-refractivity contribution in [3.05, 3.63) is 52.8 Å². The van der Waals surface area contributed by atoms with E-state index in [9.17, 15) is 0 Å². The minimum Gasteiger partial charge on any atom is -0.367 e. The number of pyridine rings is 1. The fourth-order valence-electron chi connectivity index (χ4n) is 2.14. The molecule has 0 amide bonds. The van der Waals surface area contributed by atoms with Crippen molar-refractivity contribution < 1.29 is 4.52 Å². The predicted octanol–water partition coefficient (Wildman–Crippen LogP) is 4.06. The van der Waals surface area contributed by atoms with Gasteiger partial charge in [-0.05, 0) is 24.6 Å². The van der Waals surface area contributed by atoms with Gasteiger partial charge in [-0.15, -0.1) is 0 Å². The maximum Gasteiger partial charge on any atom is 0.230 e. The van der Waals surface area contributed by atoms with Gasteiger partial charge >= 0.3 is 0 Å². The molecule has 2 aromatic heterocycles. The number of nitrogens with two attached hydrogens (primary N) is 1. The van der Waals surface area contributed by atoms with Crippen molar-refractivity contribution in [3.8, 4) is 22.4 Å². The summed E-state index contributed by atoms with van der Waals surface area (Å²) in [6.07, 6.45) is 3.47. The second-order valence-corrected chi connectivity index (χ2v) is 5.28. The van der Waals surface area contributed by atoms with Gasteiger partial charge in [0.2, 0.25) is 5.88 Å². The Kier molecular flexibility index (Phi) is 3.28. The van der Waals surface area contributed by atoms with Crippen molar-refractivity contribution in [1.82, 2.24) is 10.1 Å². The first-order valence-corrected chi connectivity index (χ1v) is 6.89. The molecule has 0 bridgehead atoms. The Bertz CT molecular complexity index is 753. The van der Waals surface area contributed by atoms with Crippen LogP contribution >= 0.6 is 15.9 Å². The van der Waals surface area contributed by atoms with Crippen molar-refractivity contribution >= 4 is 21.8 Å². The van der Waals surface area contributed by atoms with Gasteiger partial charge in [0, 0.05) is 28.0 Å². The van der Waals surface area contributed by atoms with Gasteiger partial charge in [0.25, 0.3) is 0 Å². The summed E-state index contributed by atoms with van der Waals surface area (Å²) < 4.78 is 6.21. The summed E-state index contributed by atoms with van der Waals surface area (Å²) in [6, 6.07) is 9.75. The second-order valence-electron chi connectivity index (χ2n) is 4.42. The first-order valence-electron chi connectivity index (χ1n) is 6.09. The maximum atomic E-state index is 5.93. The molecule has 4 nitrogen and oxygen atoms in total. The van der Waals surface area contributed by atoms with Crippen molar-refractivity contribution in [2.24, 2.45) is 0 Å². The third-order valence-corrected chi connectivity index (χ3v) is 4.05. The monoisotopic (exact) mass is 329 g/mol. The van der Waals surface area contributed by atoms with Gasteiger partial charge in [-0.3, -0.25) is 4.98 Å². The van der Waals surface area contributed by atoms with Gasteiger partial charge in [-0.2, -0.15) is 0 Å². The second kappa shape index (κ2) is 5.09. The van der Waals surface area contributed by atoms with Crippen molar-refractivity contribution in [1.29, 1.82) is 0 Å². The lowest BCUT2D eigenvalue weighted by molar-refractivity contribution is 0.439. The number of hydrogen-bond acceptors (Lipinski definition) is 4. The molecule has 3 aromatic rings. The van der Waals surface area contributed by atoms with E-state index in [1.54, 1.807) is 12.4 Å². The van der Waals surface area contributed by atoms with Gasteiger partial charge in [-0.25, -0.2) is 0 Å². The van der Waals surface area contributed by atoms with E-state index in [-0.39, 0.29) is 0 Å². The van der Waals surface area contributed by atoms with Gasteiger partial charge in [-0.1, -0.05) is 39.3 Å². The summed E-state index contributed by atoms with van der Waals surface area (Å²) in [4.78, 5) is 4.12. The summed E-state index contributed by atoms with van der Waals surface area (Å²) in [6.45, 7) is 2.03. The SMILES string of the molecule is Cc1c(Br)cccc1-c1noc(N)c1-c1cccnc1. The number of anilines is 1. The van der Waals surface area contributed by atoms with Crippen LogP contribution in [0.1, 0.15) is 5.56 Å². The molecule has 0 unspecified atom stereocenters. The molecule has 0 saturated heterocycles. The van der Waals surface area contributed by atoms with Crippen LogP contribution in [-0.2, 0) is 0 Å². The zero-order valence-corrected chi connectivity index (χ0v) is 12.4. The highest BCUT2D eigenvalue weighted by atomic mass is 79.9. The molecule has 2 N–H and O–H groups in total. The highest BCUT2D eigenvalue weighted by Gasteiger charge is 2.19. The van der Waals surface area contributed by atoms with Crippen LogP contribution in [0.3, 0.4) is 0 Å². The van der Waals surface area contributed by atoms with Crippen LogP contribution in [0, 0.1) is 6.92 Å². The number of hydrogen-bond donors (Lipinski definition) is 1. The van der Waals surface area contributed by atoms with Gasteiger partial charge < -0.3 is 10.3 Å². The Labute approximate surface area is 124 Å². The quantitative estimate of drug-likeness (QED) is 0.770. The van der Waals surface area contributed by atoms with E-state index in [0.29, 0.717) is 5.88 Å². The van der Waals surface area contributed by atoms with Crippen LogP contribution in [0.5, 0.6) is 0 Å². The van der Waals surface area contributed by atoms with Crippen LogP contribution in [0.2, 0.25) is 0 Å². The van der Waals surface area contributed by atoms with E-state index in [1.807, 2.05) is 37.3 Å². The predicted molar refractivity (Wildman–Crippen MR) is 82.0 cm³/mol. The largest absolute Gasteiger partial charge is 0.367 e. The average molecular weight is 330 g/mol. The number of nitrogens with zero attached hydrogens (tertiary/aromatic N) is 2. The van der Waals surface area contributed by atoms with Gasteiger partial charge in [0.15, 0.2) is 0 Å². The smallest absolute Gasteiger partial charge is 0.230 e. The van der Waals surface area contributed by atoms with Crippen LogP contribution in [0.15, 0.2) is 51.7 Å². The van der Waals surface area contributed by atoms with E-state index in [1.165, 1.54) is 0 Å². The molecule has 0 aliphatic heterocycles.